The first-order valence-corrected chi connectivity index (χ1v) is 13.9. The minimum atomic E-state index is -0.671. The summed E-state index contributed by atoms with van der Waals surface area (Å²) in [6, 6.07) is 14.7. The van der Waals surface area contributed by atoms with E-state index in [4.69, 9.17) is 16.3 Å². The van der Waals surface area contributed by atoms with E-state index < -0.39 is 11.7 Å². The molecule has 1 aliphatic carbocycles. The van der Waals surface area contributed by atoms with Crippen LogP contribution < -0.4 is 15.4 Å². The first kappa shape index (κ1) is 28.9. The Labute approximate surface area is 247 Å². The third kappa shape index (κ3) is 6.49. The number of ether oxygens (including phenoxy) is 1. The number of benzene rings is 2. The van der Waals surface area contributed by atoms with Crippen molar-refractivity contribution in [1.29, 1.82) is 0 Å². The zero-order valence-corrected chi connectivity index (χ0v) is 23.8. The molecule has 4 aromatic rings. The number of hydrogen-bond donors (Lipinski definition) is 2. The van der Waals surface area contributed by atoms with Gasteiger partial charge in [0.05, 0.1) is 11.2 Å². The van der Waals surface area contributed by atoms with Gasteiger partial charge in [-0.25, -0.2) is 9.37 Å². The maximum Gasteiger partial charge on any atom is 0.272 e. The molecule has 2 aromatic heterocycles. The maximum absolute atomic E-state index is 14.2. The van der Waals surface area contributed by atoms with Crippen molar-refractivity contribution >= 4 is 29.7 Å². The standard InChI is InChI=1S/C31H29ClFN5O4/c1-18-13-27(37-38(18)2)30(41)36-23-11-9-22(10-12-23)35-29(40)26-15-21(33)16-34-31(26)42-24-7-3-5-19(14-24)25-8-4-6-20(17-39)28(25)32/h3-8,13-17,22-23H,9-12H2,1-2H3,(H,35,40)(H,36,41)/t22-,23-. The second-order valence-corrected chi connectivity index (χ2v) is 10.6. The van der Waals surface area contributed by atoms with Gasteiger partial charge in [-0.3, -0.25) is 19.1 Å². The molecule has 216 valence electrons. The van der Waals surface area contributed by atoms with Gasteiger partial charge in [-0.05, 0) is 62.4 Å². The second kappa shape index (κ2) is 12.5. The van der Waals surface area contributed by atoms with Gasteiger partial charge >= 0.3 is 0 Å². The van der Waals surface area contributed by atoms with Crippen LogP contribution >= 0.6 is 11.6 Å². The molecule has 1 aliphatic rings. The molecule has 2 heterocycles. The molecule has 0 atom stereocenters. The number of hydrogen-bond acceptors (Lipinski definition) is 6. The second-order valence-electron chi connectivity index (χ2n) is 10.3. The predicted octanol–water partition coefficient (Wildman–Crippen LogP) is 5.66. The van der Waals surface area contributed by atoms with E-state index in [1.165, 1.54) is 0 Å². The van der Waals surface area contributed by atoms with Crippen molar-refractivity contribution in [2.75, 3.05) is 0 Å². The Bertz CT molecular complexity index is 1630. The Morgan fingerprint density at radius 2 is 1.71 bits per heavy atom. The van der Waals surface area contributed by atoms with Crippen molar-refractivity contribution < 1.29 is 23.5 Å². The summed E-state index contributed by atoms with van der Waals surface area (Å²) in [7, 11) is 1.79. The van der Waals surface area contributed by atoms with Crippen LogP contribution in [-0.2, 0) is 7.05 Å². The van der Waals surface area contributed by atoms with Gasteiger partial charge in [0, 0.05) is 36.0 Å². The van der Waals surface area contributed by atoms with Crippen molar-refractivity contribution in [3.8, 4) is 22.8 Å². The number of halogens is 2. The lowest BCUT2D eigenvalue weighted by atomic mass is 9.91. The Hall–Kier alpha value is -4.57. The fourth-order valence-corrected chi connectivity index (χ4v) is 5.23. The number of pyridine rings is 1. The molecular weight excluding hydrogens is 561 g/mol. The average molecular weight is 590 g/mol. The van der Waals surface area contributed by atoms with Crippen molar-refractivity contribution in [2.45, 2.75) is 44.7 Å². The van der Waals surface area contributed by atoms with Crippen LogP contribution in [-0.4, -0.2) is 44.9 Å². The fraction of sp³-hybridized carbons (Fsp3) is 0.258. The van der Waals surface area contributed by atoms with Crippen molar-refractivity contribution in [3.63, 3.8) is 0 Å². The van der Waals surface area contributed by atoms with E-state index in [0.717, 1.165) is 18.0 Å². The largest absolute Gasteiger partial charge is 0.438 e. The smallest absolute Gasteiger partial charge is 0.272 e. The van der Waals surface area contributed by atoms with Gasteiger partial charge in [-0.2, -0.15) is 5.10 Å². The Morgan fingerprint density at radius 3 is 2.38 bits per heavy atom. The van der Waals surface area contributed by atoms with Crippen LogP contribution in [0.25, 0.3) is 11.1 Å². The van der Waals surface area contributed by atoms with Crippen LogP contribution in [0.2, 0.25) is 5.02 Å². The molecule has 0 saturated heterocycles. The molecule has 11 heteroatoms. The molecule has 2 N–H and O–H groups in total. The maximum atomic E-state index is 14.2. The number of aromatic nitrogens is 3. The van der Waals surface area contributed by atoms with E-state index >= 15 is 0 Å². The van der Waals surface area contributed by atoms with E-state index in [0.29, 0.717) is 65.1 Å². The van der Waals surface area contributed by atoms with E-state index in [2.05, 4.69) is 20.7 Å². The zero-order valence-electron chi connectivity index (χ0n) is 23.1. The van der Waals surface area contributed by atoms with Crippen LogP contribution in [0, 0.1) is 12.7 Å². The quantitative estimate of drug-likeness (QED) is 0.256. The summed E-state index contributed by atoms with van der Waals surface area (Å²) < 4.78 is 21.8. The molecule has 5 rings (SSSR count). The van der Waals surface area contributed by atoms with E-state index in [-0.39, 0.29) is 29.4 Å². The van der Waals surface area contributed by atoms with Crippen molar-refractivity contribution in [1.82, 2.24) is 25.4 Å². The monoisotopic (exact) mass is 589 g/mol. The third-order valence-electron chi connectivity index (χ3n) is 7.32. The van der Waals surface area contributed by atoms with Gasteiger partial charge in [0.25, 0.3) is 11.8 Å². The molecule has 0 radical (unpaired) electrons. The number of amides is 2. The predicted molar refractivity (Wildman–Crippen MR) is 155 cm³/mol. The molecule has 0 bridgehead atoms. The summed E-state index contributed by atoms with van der Waals surface area (Å²) in [5.41, 5.74) is 2.92. The summed E-state index contributed by atoms with van der Waals surface area (Å²) in [5, 5.41) is 10.5. The van der Waals surface area contributed by atoms with Crippen LogP contribution in [0.1, 0.15) is 62.6 Å². The van der Waals surface area contributed by atoms with Gasteiger partial charge in [0.15, 0.2) is 6.29 Å². The SMILES string of the molecule is Cc1cc(C(=O)N[C@H]2CC[C@H](NC(=O)c3cc(F)cnc3Oc3cccc(-c4cccc(C=O)c4Cl)c3)CC2)nn1C. The summed E-state index contributed by atoms with van der Waals surface area (Å²) in [6.45, 7) is 1.88. The highest BCUT2D eigenvalue weighted by Crippen LogP contribution is 2.33. The van der Waals surface area contributed by atoms with Gasteiger partial charge in [0.2, 0.25) is 5.88 Å². The lowest BCUT2D eigenvalue weighted by molar-refractivity contribution is 0.0887. The van der Waals surface area contributed by atoms with Gasteiger partial charge in [-0.15, -0.1) is 0 Å². The van der Waals surface area contributed by atoms with Gasteiger partial charge in [-0.1, -0.05) is 41.9 Å². The molecule has 0 spiro atoms. The lowest BCUT2D eigenvalue weighted by Gasteiger charge is -2.29. The minimum Gasteiger partial charge on any atom is -0.438 e. The highest BCUT2D eigenvalue weighted by molar-refractivity contribution is 6.35. The number of aldehydes is 1. The van der Waals surface area contributed by atoms with Crippen LogP contribution in [0.3, 0.4) is 0 Å². The molecule has 1 saturated carbocycles. The molecule has 9 nitrogen and oxygen atoms in total. The fourth-order valence-electron chi connectivity index (χ4n) is 4.95. The van der Waals surface area contributed by atoms with Crippen molar-refractivity contribution in [2.24, 2.45) is 7.05 Å². The molecule has 0 aliphatic heterocycles. The first-order chi connectivity index (χ1) is 20.2. The van der Waals surface area contributed by atoms with Crippen LogP contribution in [0.15, 0.2) is 60.8 Å². The van der Waals surface area contributed by atoms with E-state index in [1.54, 1.807) is 54.2 Å². The number of rotatable bonds is 8. The minimum absolute atomic E-state index is 0.0318. The lowest BCUT2D eigenvalue weighted by Crippen LogP contribution is -2.44. The van der Waals surface area contributed by atoms with E-state index in [1.807, 2.05) is 13.0 Å². The Kier molecular flexibility index (Phi) is 8.63. The summed E-state index contributed by atoms with van der Waals surface area (Å²) in [6.07, 6.45) is 4.29. The van der Waals surface area contributed by atoms with Gasteiger partial charge in [0.1, 0.15) is 22.8 Å². The van der Waals surface area contributed by atoms with Gasteiger partial charge < -0.3 is 15.4 Å². The number of aryl methyl sites for hydroxylation is 2. The normalized spacial score (nSPS) is 16.5. The number of carbonyl (C=O) groups excluding carboxylic acids is 3. The Balaban J connectivity index is 1.24. The Morgan fingerprint density at radius 1 is 1.02 bits per heavy atom. The third-order valence-corrected chi connectivity index (χ3v) is 7.74. The summed E-state index contributed by atoms with van der Waals surface area (Å²) in [4.78, 5) is 41.1. The number of carbonyl (C=O) groups is 3. The van der Waals surface area contributed by atoms with E-state index in [9.17, 15) is 18.8 Å². The molecule has 0 unspecified atom stereocenters. The summed E-state index contributed by atoms with van der Waals surface area (Å²) >= 11 is 6.40. The van der Waals surface area contributed by atoms with Crippen LogP contribution in [0.4, 0.5) is 4.39 Å². The number of nitrogens with one attached hydrogen (secondary N) is 2. The van der Waals surface area contributed by atoms with Crippen LogP contribution in [0.5, 0.6) is 11.6 Å². The zero-order chi connectivity index (χ0) is 29.8. The molecule has 2 aromatic carbocycles. The molecule has 42 heavy (non-hydrogen) atoms. The first-order valence-electron chi connectivity index (χ1n) is 13.5. The number of nitrogens with zero attached hydrogens (tertiary/aromatic N) is 3. The highest BCUT2D eigenvalue weighted by atomic mass is 35.5. The molecular formula is C31H29ClFN5O4. The van der Waals surface area contributed by atoms with Crippen molar-refractivity contribution in [3.05, 3.63) is 94.1 Å². The highest BCUT2D eigenvalue weighted by Gasteiger charge is 2.26. The molecule has 1 fully saturated rings. The average Bonchev–Trinajstić information content (AvgIpc) is 3.33. The summed E-state index contributed by atoms with van der Waals surface area (Å²) in [5.74, 6) is -1.10. The topological polar surface area (TPSA) is 115 Å². The molecule has 2 amide bonds.